The molecule has 0 saturated carbocycles. The quantitative estimate of drug-likeness (QED) is 0.153. The highest BCUT2D eigenvalue weighted by molar-refractivity contribution is 6.24. The van der Waals surface area contributed by atoms with Crippen molar-refractivity contribution in [3.63, 3.8) is 0 Å². The molecule has 0 unspecified atom stereocenters. The summed E-state index contributed by atoms with van der Waals surface area (Å²) in [7, 11) is 0. The maximum atomic E-state index is 5.23. The molecule has 5 nitrogen and oxygen atoms in total. The van der Waals surface area contributed by atoms with Crippen LogP contribution in [-0.4, -0.2) is 24.1 Å². The minimum Gasteiger partial charge on any atom is -0.309 e. The highest BCUT2D eigenvalue weighted by Crippen LogP contribution is 2.48. The molecule has 0 fully saturated rings. The summed E-state index contributed by atoms with van der Waals surface area (Å²) in [5.41, 5.74) is 15.0. The smallest absolute Gasteiger partial charge is 0.164 e. The molecule has 300 valence electrons. The number of hydrogen-bond donors (Lipinski definition) is 0. The van der Waals surface area contributed by atoms with Crippen LogP contribution in [0.4, 0.5) is 0 Å². The van der Waals surface area contributed by atoms with E-state index in [1.165, 1.54) is 21.7 Å². The molecular formula is C59H39N5. The van der Waals surface area contributed by atoms with Crippen LogP contribution in [0.5, 0.6) is 0 Å². The molecule has 0 saturated heterocycles. The topological polar surface area (TPSA) is 48.5 Å². The minimum atomic E-state index is 0.601. The first kappa shape index (κ1) is 37.1. The van der Waals surface area contributed by atoms with Crippen molar-refractivity contribution >= 4 is 32.7 Å². The molecule has 0 amide bonds. The molecule has 64 heavy (non-hydrogen) atoms. The fraction of sp³-hybridized carbons (Fsp3) is 0. The van der Waals surface area contributed by atoms with Gasteiger partial charge in [0.05, 0.1) is 22.2 Å². The van der Waals surface area contributed by atoms with Gasteiger partial charge >= 0.3 is 0 Å². The van der Waals surface area contributed by atoms with Crippen molar-refractivity contribution in [3.8, 4) is 79.0 Å². The molecule has 0 aliphatic heterocycles. The average Bonchev–Trinajstić information content (AvgIpc) is 3.91. The van der Waals surface area contributed by atoms with Crippen LogP contribution in [0, 0.1) is 0 Å². The van der Waals surface area contributed by atoms with Crippen molar-refractivity contribution in [3.05, 3.63) is 237 Å². The van der Waals surface area contributed by atoms with E-state index in [-0.39, 0.29) is 0 Å². The number of fused-ring (bicyclic) bond motifs is 5. The molecule has 9 aromatic carbocycles. The molecule has 0 bridgehead atoms. The van der Waals surface area contributed by atoms with Gasteiger partial charge in [0, 0.05) is 49.8 Å². The highest BCUT2D eigenvalue weighted by Gasteiger charge is 2.27. The fourth-order valence-corrected chi connectivity index (χ4v) is 9.30. The van der Waals surface area contributed by atoms with E-state index in [0.717, 1.165) is 72.6 Å². The van der Waals surface area contributed by atoms with Crippen LogP contribution in [0.2, 0.25) is 0 Å². The molecule has 0 aliphatic rings. The Morgan fingerprint density at radius 3 is 1.34 bits per heavy atom. The SMILES string of the molecule is c1ccc(-c2cc(-c3nc(-c4ccccc4)nc(-c4ccccc4)n3)cc(-n3c4ccccc4c4ccc5c(c(-c6ccccc6)c(-c6ccccc6)n5-c5ccccc5)c43)c2)cc1. The Hall–Kier alpha value is -8.67. The van der Waals surface area contributed by atoms with Gasteiger partial charge in [-0.2, -0.15) is 0 Å². The Kier molecular flexibility index (Phi) is 9.08. The highest BCUT2D eigenvalue weighted by atomic mass is 15.0. The summed E-state index contributed by atoms with van der Waals surface area (Å²) in [5, 5.41) is 3.53. The fourth-order valence-electron chi connectivity index (χ4n) is 9.30. The van der Waals surface area contributed by atoms with E-state index in [2.05, 4.69) is 209 Å². The van der Waals surface area contributed by atoms with Crippen LogP contribution in [0.3, 0.4) is 0 Å². The second-order valence-electron chi connectivity index (χ2n) is 16.0. The zero-order valence-electron chi connectivity index (χ0n) is 34.8. The predicted molar refractivity (Wildman–Crippen MR) is 264 cm³/mol. The molecule has 0 spiro atoms. The van der Waals surface area contributed by atoms with Crippen LogP contribution in [-0.2, 0) is 0 Å². The van der Waals surface area contributed by atoms with Crippen LogP contribution in [0.25, 0.3) is 112 Å². The van der Waals surface area contributed by atoms with E-state index >= 15 is 0 Å². The third-order valence-corrected chi connectivity index (χ3v) is 12.1. The van der Waals surface area contributed by atoms with Gasteiger partial charge in [-0.05, 0) is 64.7 Å². The standard InChI is InChI=1S/C59H39N5/c1-7-21-40(22-8-1)45-37-46(59-61-57(43-27-13-4-14-28-43)60-58(62-59)44-29-15-5-16-30-44)39-48(38-45)64-51-34-20-19-33-49(51)50-35-36-52-54(56(50)64)53(41-23-9-2-10-24-41)55(42-25-11-3-12-26-42)63(52)47-31-17-6-18-32-47/h1-39H. The normalized spacial score (nSPS) is 11.4. The zero-order chi connectivity index (χ0) is 42.4. The maximum absolute atomic E-state index is 5.23. The molecule has 12 rings (SSSR count). The second kappa shape index (κ2) is 15.7. The van der Waals surface area contributed by atoms with E-state index in [1.54, 1.807) is 0 Å². The first-order valence-electron chi connectivity index (χ1n) is 21.6. The molecule has 3 heterocycles. The lowest BCUT2D eigenvalue weighted by Crippen LogP contribution is -2.02. The van der Waals surface area contributed by atoms with E-state index in [0.29, 0.717) is 17.5 Å². The van der Waals surface area contributed by atoms with Gasteiger partial charge < -0.3 is 9.13 Å². The number of hydrogen-bond acceptors (Lipinski definition) is 3. The van der Waals surface area contributed by atoms with Crippen molar-refractivity contribution in [1.82, 2.24) is 24.1 Å². The molecule has 0 aliphatic carbocycles. The Bertz CT molecular complexity index is 3560. The molecule has 12 aromatic rings. The summed E-state index contributed by atoms with van der Waals surface area (Å²) in [6.45, 7) is 0. The zero-order valence-corrected chi connectivity index (χ0v) is 34.8. The van der Waals surface area contributed by atoms with E-state index < -0.39 is 0 Å². The Morgan fingerprint density at radius 2 is 0.750 bits per heavy atom. The van der Waals surface area contributed by atoms with Gasteiger partial charge in [-0.1, -0.05) is 194 Å². The van der Waals surface area contributed by atoms with Gasteiger partial charge in [0.2, 0.25) is 0 Å². The maximum Gasteiger partial charge on any atom is 0.164 e. The Labute approximate surface area is 370 Å². The number of nitrogens with zero attached hydrogens (tertiary/aromatic N) is 5. The molecule has 5 heteroatoms. The average molecular weight is 818 g/mol. The van der Waals surface area contributed by atoms with Crippen molar-refractivity contribution in [2.75, 3.05) is 0 Å². The van der Waals surface area contributed by atoms with Gasteiger partial charge in [-0.25, -0.2) is 15.0 Å². The minimum absolute atomic E-state index is 0.601. The summed E-state index contributed by atoms with van der Waals surface area (Å²) in [6.07, 6.45) is 0. The first-order valence-corrected chi connectivity index (χ1v) is 21.6. The molecule has 0 atom stereocenters. The lowest BCUT2D eigenvalue weighted by molar-refractivity contribution is 1.07. The molecular weight excluding hydrogens is 779 g/mol. The van der Waals surface area contributed by atoms with E-state index in [1.807, 2.05) is 36.4 Å². The predicted octanol–water partition coefficient (Wildman–Crippen LogP) is 14.9. The Balaban J connectivity index is 1.22. The van der Waals surface area contributed by atoms with Gasteiger partial charge in [-0.15, -0.1) is 0 Å². The van der Waals surface area contributed by atoms with Crippen LogP contribution in [0.1, 0.15) is 0 Å². The van der Waals surface area contributed by atoms with Gasteiger partial charge in [-0.3, -0.25) is 0 Å². The molecule has 3 aromatic heterocycles. The number of benzene rings is 9. The summed E-state index contributed by atoms with van der Waals surface area (Å²) in [5.74, 6) is 1.85. The second-order valence-corrected chi connectivity index (χ2v) is 16.0. The molecule has 0 N–H and O–H groups in total. The first-order chi connectivity index (χ1) is 31.8. The molecule has 0 radical (unpaired) electrons. The van der Waals surface area contributed by atoms with Crippen LogP contribution < -0.4 is 0 Å². The van der Waals surface area contributed by atoms with Crippen LogP contribution in [0.15, 0.2) is 237 Å². The monoisotopic (exact) mass is 817 g/mol. The summed E-state index contributed by atoms with van der Waals surface area (Å²) >= 11 is 0. The number of rotatable bonds is 8. The van der Waals surface area contributed by atoms with Gasteiger partial charge in [0.1, 0.15) is 0 Å². The largest absolute Gasteiger partial charge is 0.309 e. The van der Waals surface area contributed by atoms with Crippen molar-refractivity contribution in [2.24, 2.45) is 0 Å². The number of para-hydroxylation sites is 2. The van der Waals surface area contributed by atoms with Crippen molar-refractivity contribution in [1.29, 1.82) is 0 Å². The van der Waals surface area contributed by atoms with E-state index in [4.69, 9.17) is 15.0 Å². The Morgan fingerprint density at radius 1 is 0.281 bits per heavy atom. The lowest BCUT2D eigenvalue weighted by atomic mass is 9.97. The lowest BCUT2D eigenvalue weighted by Gasteiger charge is -2.15. The third kappa shape index (κ3) is 6.38. The van der Waals surface area contributed by atoms with Crippen molar-refractivity contribution in [2.45, 2.75) is 0 Å². The summed E-state index contributed by atoms with van der Waals surface area (Å²) in [6, 6.07) is 83.6. The van der Waals surface area contributed by atoms with Gasteiger partial charge in [0.25, 0.3) is 0 Å². The third-order valence-electron chi connectivity index (χ3n) is 12.1. The van der Waals surface area contributed by atoms with E-state index in [9.17, 15) is 0 Å². The van der Waals surface area contributed by atoms with Crippen molar-refractivity contribution < 1.29 is 0 Å². The number of aromatic nitrogens is 5. The van der Waals surface area contributed by atoms with Crippen LogP contribution >= 0.6 is 0 Å². The summed E-state index contributed by atoms with van der Waals surface area (Å²) < 4.78 is 4.91. The summed E-state index contributed by atoms with van der Waals surface area (Å²) in [4.78, 5) is 15.5. The van der Waals surface area contributed by atoms with Gasteiger partial charge in [0.15, 0.2) is 17.5 Å².